The molecule has 2 unspecified atom stereocenters. The Bertz CT molecular complexity index is 932. The molecular weight excluding hydrogens is 504 g/mol. The minimum atomic E-state index is -1.08. The van der Waals surface area contributed by atoms with Crippen LogP contribution in [-0.4, -0.2) is 79.0 Å². The van der Waals surface area contributed by atoms with Gasteiger partial charge < -0.3 is 26.8 Å². The molecule has 2 heterocycles. The van der Waals surface area contributed by atoms with Crippen LogP contribution in [0.3, 0.4) is 0 Å². The lowest BCUT2D eigenvalue weighted by molar-refractivity contribution is -0.146. The highest BCUT2D eigenvalue weighted by atomic mass is 32.2. The summed E-state index contributed by atoms with van der Waals surface area (Å²) in [5.74, 6) is -0.352. The number of amides is 2. The fourth-order valence-corrected chi connectivity index (χ4v) is 8.31. The minimum absolute atomic E-state index is 0.153. The van der Waals surface area contributed by atoms with Gasteiger partial charge in [-0.15, -0.1) is 23.5 Å². The second kappa shape index (κ2) is 12.2. The largest absolute Gasteiger partial charge is 0.480 e. The second-order valence-corrected chi connectivity index (χ2v) is 14.0. The number of nitrogens with zero attached hydrogens (tertiary/aromatic N) is 1. The molecule has 8 nitrogen and oxygen atoms in total. The van der Waals surface area contributed by atoms with Crippen LogP contribution in [-0.2, 0) is 27.3 Å². The monoisotopic (exact) mass is 540 g/mol. The van der Waals surface area contributed by atoms with Crippen molar-refractivity contribution in [3.05, 3.63) is 35.4 Å². The van der Waals surface area contributed by atoms with E-state index in [1.165, 1.54) is 16.7 Å². The number of nitrogens with two attached hydrogens (primary N) is 2. The molecule has 1 aromatic rings. The van der Waals surface area contributed by atoms with Crippen molar-refractivity contribution in [2.75, 3.05) is 17.8 Å². The molecule has 0 aliphatic carbocycles. The van der Waals surface area contributed by atoms with Gasteiger partial charge in [-0.3, -0.25) is 9.59 Å². The number of rotatable bonds is 10. The van der Waals surface area contributed by atoms with Crippen LogP contribution in [0.4, 0.5) is 0 Å². The van der Waals surface area contributed by atoms with Gasteiger partial charge in [-0.2, -0.15) is 11.8 Å². The van der Waals surface area contributed by atoms with Gasteiger partial charge >= 0.3 is 5.97 Å². The number of carbonyl (C=O) groups is 3. The van der Waals surface area contributed by atoms with Crippen molar-refractivity contribution < 1.29 is 19.5 Å². The fourth-order valence-electron chi connectivity index (χ4n) is 4.33. The van der Waals surface area contributed by atoms with Gasteiger partial charge in [0.25, 0.3) is 0 Å². The Hall–Kier alpha value is -1.40. The van der Waals surface area contributed by atoms with E-state index in [1.807, 2.05) is 44.4 Å². The smallest absolute Gasteiger partial charge is 0.326 e. The summed E-state index contributed by atoms with van der Waals surface area (Å²) >= 11 is 4.97. The third kappa shape index (κ3) is 7.09. The van der Waals surface area contributed by atoms with E-state index in [1.54, 1.807) is 23.5 Å². The Morgan fingerprint density at radius 2 is 1.97 bits per heavy atom. The van der Waals surface area contributed by atoms with Crippen LogP contribution < -0.4 is 16.8 Å². The Morgan fingerprint density at radius 1 is 1.29 bits per heavy atom. The molecule has 194 valence electrons. The number of thioether (sulfide) groups is 3. The molecule has 5 atom stereocenters. The van der Waals surface area contributed by atoms with Gasteiger partial charge in [0.1, 0.15) is 12.1 Å². The molecule has 35 heavy (non-hydrogen) atoms. The van der Waals surface area contributed by atoms with Crippen molar-refractivity contribution in [3.8, 4) is 0 Å². The van der Waals surface area contributed by atoms with Crippen molar-refractivity contribution in [2.45, 2.75) is 73.2 Å². The molecule has 0 aromatic heterocycles. The molecule has 2 aliphatic heterocycles. The lowest BCUT2D eigenvalue weighted by Crippen LogP contribution is -2.61. The van der Waals surface area contributed by atoms with E-state index >= 15 is 0 Å². The summed E-state index contributed by atoms with van der Waals surface area (Å²) in [6, 6.07) is 5.19. The molecule has 1 fully saturated rings. The summed E-state index contributed by atoms with van der Waals surface area (Å²) in [5, 5.41) is 12.3. The van der Waals surface area contributed by atoms with E-state index in [-0.39, 0.29) is 23.1 Å². The maximum atomic E-state index is 13.8. The Kier molecular flexibility index (Phi) is 9.84. The molecule has 2 aliphatic rings. The van der Waals surface area contributed by atoms with Crippen molar-refractivity contribution in [2.24, 2.45) is 11.5 Å². The SMILES string of the molecule is CSCC[C@H](NC(=O)[C@@H]1Cc2ccccc2CN1C(=O)[C@@H](N)C(C)(C)SC1CC(N)CS1)C(=O)O. The summed E-state index contributed by atoms with van der Waals surface area (Å²) < 4.78 is -0.300. The van der Waals surface area contributed by atoms with Crippen LogP contribution in [0, 0.1) is 0 Å². The van der Waals surface area contributed by atoms with E-state index in [4.69, 9.17) is 11.5 Å². The van der Waals surface area contributed by atoms with Crippen molar-refractivity contribution in [3.63, 3.8) is 0 Å². The third-order valence-electron chi connectivity index (χ3n) is 6.50. The van der Waals surface area contributed by atoms with Crippen LogP contribution in [0.1, 0.15) is 37.8 Å². The van der Waals surface area contributed by atoms with Crippen LogP contribution in [0.5, 0.6) is 0 Å². The van der Waals surface area contributed by atoms with Gasteiger partial charge in [0.05, 0.1) is 10.6 Å². The van der Waals surface area contributed by atoms with Crippen LogP contribution in [0.15, 0.2) is 24.3 Å². The number of aliphatic carboxylic acids is 1. The highest BCUT2D eigenvalue weighted by molar-refractivity contribution is 8.17. The van der Waals surface area contributed by atoms with Crippen LogP contribution >= 0.6 is 35.3 Å². The molecule has 6 N–H and O–H groups in total. The molecule has 11 heteroatoms. The standard InChI is InChI=1S/C24H36N4O4S3/c1-24(2,35-19-11-16(25)13-34-19)20(26)22(30)28-12-15-7-5-4-6-14(15)10-18(28)21(29)27-17(23(31)32)8-9-33-3/h4-7,16-20H,8-13,25-26H2,1-3H3,(H,27,29)(H,31,32)/t16?,17-,18-,19?,20+/m0/s1. The zero-order valence-electron chi connectivity index (χ0n) is 20.4. The first-order valence-corrected chi connectivity index (χ1v) is 15.1. The van der Waals surface area contributed by atoms with E-state index in [2.05, 4.69) is 5.32 Å². The van der Waals surface area contributed by atoms with Gasteiger partial charge in [0.15, 0.2) is 0 Å². The van der Waals surface area contributed by atoms with Gasteiger partial charge in [0, 0.05) is 29.5 Å². The van der Waals surface area contributed by atoms with Gasteiger partial charge in [-0.05, 0) is 49.8 Å². The molecular formula is C24H36N4O4S3. The normalized spacial score (nSPS) is 23.9. The third-order valence-corrected chi connectivity index (χ3v) is 10.3. The summed E-state index contributed by atoms with van der Waals surface area (Å²) in [6.45, 7) is 4.17. The number of carboxylic acid groups (broad SMARTS) is 1. The summed E-state index contributed by atoms with van der Waals surface area (Å²) in [6.07, 6.45) is 3.38. The molecule has 2 amide bonds. The number of hydrogen-bond acceptors (Lipinski definition) is 8. The van der Waals surface area contributed by atoms with Crippen LogP contribution in [0.25, 0.3) is 0 Å². The molecule has 3 rings (SSSR count). The zero-order chi connectivity index (χ0) is 25.8. The zero-order valence-corrected chi connectivity index (χ0v) is 22.9. The molecule has 0 spiro atoms. The lowest BCUT2D eigenvalue weighted by atomic mass is 9.91. The van der Waals surface area contributed by atoms with E-state index in [0.29, 0.717) is 18.6 Å². The fraction of sp³-hybridized carbons (Fsp3) is 0.625. The quantitative estimate of drug-likeness (QED) is 0.350. The Morgan fingerprint density at radius 3 is 2.57 bits per heavy atom. The highest BCUT2D eigenvalue weighted by Gasteiger charge is 2.43. The molecule has 0 bridgehead atoms. The number of nitrogens with one attached hydrogen (secondary N) is 1. The van der Waals surface area contributed by atoms with E-state index in [0.717, 1.165) is 23.3 Å². The maximum absolute atomic E-state index is 13.8. The Balaban J connectivity index is 1.81. The van der Waals surface area contributed by atoms with Crippen molar-refractivity contribution in [1.82, 2.24) is 10.2 Å². The predicted octanol–water partition coefficient (Wildman–Crippen LogP) is 1.89. The maximum Gasteiger partial charge on any atom is 0.326 e. The molecule has 1 aromatic carbocycles. The first kappa shape index (κ1) is 28.2. The topological polar surface area (TPSA) is 139 Å². The van der Waals surface area contributed by atoms with Crippen molar-refractivity contribution in [1.29, 1.82) is 0 Å². The minimum Gasteiger partial charge on any atom is -0.480 e. The number of hydrogen-bond donors (Lipinski definition) is 4. The summed E-state index contributed by atoms with van der Waals surface area (Å²) in [4.78, 5) is 40.4. The van der Waals surface area contributed by atoms with Crippen molar-refractivity contribution >= 4 is 53.1 Å². The predicted molar refractivity (Wildman–Crippen MR) is 146 cm³/mol. The average Bonchev–Trinajstić information content (AvgIpc) is 3.23. The summed E-state index contributed by atoms with van der Waals surface area (Å²) in [5.41, 5.74) is 14.6. The molecule has 1 saturated heterocycles. The Labute approximate surface area is 220 Å². The first-order chi connectivity index (χ1) is 16.5. The van der Waals surface area contributed by atoms with E-state index < -0.39 is 34.7 Å². The number of benzene rings is 1. The number of carbonyl (C=O) groups excluding carboxylic acids is 2. The number of fused-ring (bicyclic) bond motifs is 1. The first-order valence-electron chi connectivity index (χ1n) is 11.7. The van der Waals surface area contributed by atoms with Gasteiger partial charge in [-0.25, -0.2) is 4.79 Å². The molecule has 0 radical (unpaired) electrons. The van der Waals surface area contributed by atoms with Gasteiger partial charge in [0.2, 0.25) is 11.8 Å². The molecule has 0 saturated carbocycles. The van der Waals surface area contributed by atoms with E-state index in [9.17, 15) is 19.5 Å². The van der Waals surface area contributed by atoms with Gasteiger partial charge in [-0.1, -0.05) is 24.3 Å². The lowest BCUT2D eigenvalue weighted by Gasteiger charge is -2.41. The average molecular weight is 541 g/mol. The number of carboxylic acids is 1. The van der Waals surface area contributed by atoms with Crippen LogP contribution in [0.2, 0.25) is 0 Å². The second-order valence-electron chi connectivity index (χ2n) is 9.59. The highest BCUT2D eigenvalue weighted by Crippen LogP contribution is 2.43. The summed E-state index contributed by atoms with van der Waals surface area (Å²) in [7, 11) is 0.